The molecule has 0 saturated heterocycles. The number of rotatable bonds is 6. The van der Waals surface area contributed by atoms with Crippen molar-refractivity contribution >= 4 is 0 Å². The van der Waals surface area contributed by atoms with Gasteiger partial charge in [-0.05, 0) is 19.8 Å². The first kappa shape index (κ1) is 14.9. The van der Waals surface area contributed by atoms with E-state index >= 15 is 0 Å². The first-order valence-electron chi connectivity index (χ1n) is 6.48. The van der Waals surface area contributed by atoms with Gasteiger partial charge in [0.15, 0.2) is 0 Å². The molecular formula is C12H25NO4. The van der Waals surface area contributed by atoms with Crippen molar-refractivity contribution in [1.29, 1.82) is 0 Å². The minimum Gasteiger partial charge on any atom is -0.391 e. The van der Waals surface area contributed by atoms with Gasteiger partial charge in [-0.25, -0.2) is 0 Å². The SMILES string of the molecule is C[C@H](O)[C@@H](O)[C@@H](O)[C@H](O)CNC1CCCCC1. The number of aliphatic hydroxyl groups is 4. The summed E-state index contributed by atoms with van der Waals surface area (Å²) >= 11 is 0. The zero-order chi connectivity index (χ0) is 12.8. The summed E-state index contributed by atoms with van der Waals surface area (Å²) in [5.74, 6) is 0. The fourth-order valence-corrected chi connectivity index (χ4v) is 2.23. The molecule has 0 unspecified atom stereocenters. The van der Waals surface area contributed by atoms with Crippen molar-refractivity contribution in [3.05, 3.63) is 0 Å². The summed E-state index contributed by atoms with van der Waals surface area (Å²) in [6, 6.07) is 0.397. The molecule has 0 spiro atoms. The van der Waals surface area contributed by atoms with Crippen LogP contribution in [0.15, 0.2) is 0 Å². The van der Waals surface area contributed by atoms with E-state index in [-0.39, 0.29) is 6.54 Å². The maximum atomic E-state index is 9.68. The molecule has 0 amide bonds. The summed E-state index contributed by atoms with van der Waals surface area (Å²) in [6.07, 6.45) is 1.15. The second-order valence-electron chi connectivity index (χ2n) is 5.03. The number of hydrogen-bond donors (Lipinski definition) is 5. The maximum Gasteiger partial charge on any atom is 0.109 e. The predicted octanol–water partition coefficient (Wildman–Crippen LogP) is -0.628. The van der Waals surface area contributed by atoms with Crippen molar-refractivity contribution in [3.63, 3.8) is 0 Å². The predicted molar refractivity (Wildman–Crippen MR) is 64.6 cm³/mol. The fraction of sp³-hybridized carbons (Fsp3) is 1.00. The van der Waals surface area contributed by atoms with E-state index in [4.69, 9.17) is 5.11 Å². The minimum atomic E-state index is -1.31. The lowest BCUT2D eigenvalue weighted by atomic mass is 9.95. The van der Waals surface area contributed by atoms with Gasteiger partial charge >= 0.3 is 0 Å². The molecule has 17 heavy (non-hydrogen) atoms. The largest absolute Gasteiger partial charge is 0.391 e. The van der Waals surface area contributed by atoms with Gasteiger partial charge in [0.1, 0.15) is 12.2 Å². The standard InChI is InChI=1S/C12H25NO4/c1-8(14)11(16)12(17)10(15)7-13-9-5-3-2-4-6-9/h8-17H,2-7H2,1H3/t8-,10+,11+,12-/m0/s1. The molecule has 5 N–H and O–H groups in total. The normalized spacial score (nSPS) is 25.2. The Hall–Kier alpha value is -0.200. The second kappa shape index (κ2) is 7.28. The van der Waals surface area contributed by atoms with Crippen molar-refractivity contribution in [2.24, 2.45) is 0 Å². The Labute approximate surface area is 102 Å². The Morgan fingerprint density at radius 3 is 2.12 bits per heavy atom. The third-order valence-electron chi connectivity index (χ3n) is 3.46. The number of aliphatic hydroxyl groups excluding tert-OH is 4. The summed E-state index contributed by atoms with van der Waals surface area (Å²) in [6.45, 7) is 1.63. The summed E-state index contributed by atoms with van der Waals surface area (Å²) in [5, 5.41) is 41.0. The third kappa shape index (κ3) is 4.89. The van der Waals surface area contributed by atoms with Crippen LogP contribution in [-0.4, -0.2) is 57.4 Å². The molecule has 4 atom stereocenters. The average molecular weight is 247 g/mol. The van der Waals surface area contributed by atoms with Crippen LogP contribution in [0.1, 0.15) is 39.0 Å². The third-order valence-corrected chi connectivity index (χ3v) is 3.46. The zero-order valence-electron chi connectivity index (χ0n) is 10.4. The van der Waals surface area contributed by atoms with Crippen LogP contribution in [0.5, 0.6) is 0 Å². The first-order chi connectivity index (χ1) is 8.02. The Morgan fingerprint density at radius 1 is 1.00 bits per heavy atom. The van der Waals surface area contributed by atoms with Crippen LogP contribution in [0.25, 0.3) is 0 Å². The molecule has 1 aliphatic rings. The molecule has 1 saturated carbocycles. The molecule has 1 fully saturated rings. The van der Waals surface area contributed by atoms with Crippen molar-refractivity contribution in [2.45, 2.75) is 69.5 Å². The van der Waals surface area contributed by atoms with E-state index in [0.29, 0.717) is 6.04 Å². The molecule has 0 aromatic carbocycles. The van der Waals surface area contributed by atoms with Gasteiger partial charge in [-0.15, -0.1) is 0 Å². The Bertz CT molecular complexity index is 207. The summed E-state index contributed by atoms with van der Waals surface area (Å²) in [7, 11) is 0. The molecule has 1 rings (SSSR count). The first-order valence-corrected chi connectivity index (χ1v) is 6.48. The minimum absolute atomic E-state index is 0.246. The molecule has 102 valence electrons. The van der Waals surface area contributed by atoms with E-state index in [2.05, 4.69) is 5.32 Å². The molecule has 0 aromatic heterocycles. The van der Waals surface area contributed by atoms with Gasteiger partial charge in [0.05, 0.1) is 12.2 Å². The smallest absolute Gasteiger partial charge is 0.109 e. The zero-order valence-corrected chi connectivity index (χ0v) is 10.4. The quantitative estimate of drug-likeness (QED) is 0.431. The van der Waals surface area contributed by atoms with Crippen LogP contribution in [0.4, 0.5) is 0 Å². The molecule has 0 aromatic rings. The Balaban J connectivity index is 2.25. The summed E-state index contributed by atoms with van der Waals surface area (Å²) < 4.78 is 0. The average Bonchev–Trinajstić information content (AvgIpc) is 2.35. The van der Waals surface area contributed by atoms with E-state index in [1.807, 2.05) is 0 Å². The van der Waals surface area contributed by atoms with E-state index in [1.165, 1.54) is 26.2 Å². The highest BCUT2D eigenvalue weighted by Crippen LogP contribution is 2.17. The number of hydrogen-bond acceptors (Lipinski definition) is 5. The Kier molecular flexibility index (Phi) is 6.37. The van der Waals surface area contributed by atoms with E-state index in [1.54, 1.807) is 0 Å². The topological polar surface area (TPSA) is 93.0 Å². The lowest BCUT2D eigenvalue weighted by Crippen LogP contribution is -2.48. The van der Waals surface area contributed by atoms with Crippen molar-refractivity contribution in [2.75, 3.05) is 6.54 Å². The van der Waals surface area contributed by atoms with Crippen LogP contribution in [0.2, 0.25) is 0 Å². The van der Waals surface area contributed by atoms with Crippen LogP contribution in [0.3, 0.4) is 0 Å². The lowest BCUT2D eigenvalue weighted by molar-refractivity contribution is -0.0992. The fourth-order valence-electron chi connectivity index (χ4n) is 2.23. The summed E-state index contributed by atoms with van der Waals surface area (Å²) in [5.41, 5.74) is 0. The molecule has 0 bridgehead atoms. The van der Waals surface area contributed by atoms with E-state index in [0.717, 1.165) is 12.8 Å². The van der Waals surface area contributed by atoms with Gasteiger partial charge in [0.2, 0.25) is 0 Å². The molecule has 5 nitrogen and oxygen atoms in total. The summed E-state index contributed by atoms with van der Waals surface area (Å²) in [4.78, 5) is 0. The molecule has 0 aliphatic heterocycles. The second-order valence-corrected chi connectivity index (χ2v) is 5.03. The molecular weight excluding hydrogens is 222 g/mol. The van der Waals surface area contributed by atoms with Crippen LogP contribution in [-0.2, 0) is 0 Å². The van der Waals surface area contributed by atoms with Crippen molar-refractivity contribution in [1.82, 2.24) is 5.32 Å². The van der Waals surface area contributed by atoms with E-state index in [9.17, 15) is 15.3 Å². The van der Waals surface area contributed by atoms with E-state index < -0.39 is 24.4 Å². The van der Waals surface area contributed by atoms with Crippen LogP contribution in [0, 0.1) is 0 Å². The van der Waals surface area contributed by atoms with Gasteiger partial charge in [0.25, 0.3) is 0 Å². The maximum absolute atomic E-state index is 9.68. The van der Waals surface area contributed by atoms with Crippen LogP contribution >= 0.6 is 0 Å². The monoisotopic (exact) mass is 247 g/mol. The van der Waals surface area contributed by atoms with Gasteiger partial charge in [0, 0.05) is 12.6 Å². The number of nitrogens with one attached hydrogen (secondary N) is 1. The van der Waals surface area contributed by atoms with Crippen molar-refractivity contribution < 1.29 is 20.4 Å². The molecule has 0 radical (unpaired) electrons. The van der Waals surface area contributed by atoms with Crippen molar-refractivity contribution in [3.8, 4) is 0 Å². The van der Waals surface area contributed by atoms with Gasteiger partial charge in [-0.2, -0.15) is 0 Å². The van der Waals surface area contributed by atoms with Crippen LogP contribution < -0.4 is 5.32 Å². The highest BCUT2D eigenvalue weighted by atomic mass is 16.4. The molecule has 1 aliphatic carbocycles. The molecule has 5 heteroatoms. The van der Waals surface area contributed by atoms with Gasteiger partial charge < -0.3 is 25.7 Å². The van der Waals surface area contributed by atoms with Gasteiger partial charge in [-0.1, -0.05) is 19.3 Å². The molecule has 0 heterocycles. The Morgan fingerprint density at radius 2 is 1.59 bits per heavy atom. The highest BCUT2D eigenvalue weighted by Gasteiger charge is 2.28. The highest BCUT2D eigenvalue weighted by molar-refractivity contribution is 4.82. The lowest BCUT2D eigenvalue weighted by Gasteiger charge is -2.28. The van der Waals surface area contributed by atoms with Gasteiger partial charge in [-0.3, -0.25) is 0 Å².